The Bertz CT molecular complexity index is 2070. The summed E-state index contributed by atoms with van der Waals surface area (Å²) in [7, 11) is 0. The number of nitriles is 1. The molecule has 6 aromatic rings. The van der Waals surface area contributed by atoms with Gasteiger partial charge in [0.2, 0.25) is 0 Å². The van der Waals surface area contributed by atoms with Crippen LogP contribution in [-0.2, 0) is 5.41 Å². The minimum atomic E-state index is 0.280. The van der Waals surface area contributed by atoms with Crippen LogP contribution in [0.3, 0.4) is 0 Å². The van der Waals surface area contributed by atoms with E-state index in [1.54, 1.807) is 0 Å². The lowest BCUT2D eigenvalue weighted by Crippen LogP contribution is -2.42. The maximum Gasteiger partial charge on any atom is 0.164 e. The van der Waals surface area contributed by atoms with Crippen molar-refractivity contribution in [3.8, 4) is 40.2 Å². The quantitative estimate of drug-likeness (QED) is 0.193. The minimum Gasteiger partial charge on any atom is -0.208 e. The van der Waals surface area contributed by atoms with Crippen molar-refractivity contribution >= 4 is 21.5 Å². The van der Waals surface area contributed by atoms with Crippen molar-refractivity contribution in [3.05, 3.63) is 114 Å². The summed E-state index contributed by atoms with van der Waals surface area (Å²) in [4.78, 5) is 15.2. The van der Waals surface area contributed by atoms with E-state index in [2.05, 4.69) is 62.4 Å². The molecule has 2 aliphatic rings. The number of hydrogen-bond donors (Lipinski definition) is 0. The molecule has 2 unspecified atom stereocenters. The lowest BCUT2D eigenvalue weighted by Gasteiger charge is -2.50. The first kappa shape index (κ1) is 27.7. The summed E-state index contributed by atoms with van der Waals surface area (Å²) < 4.78 is 0. The highest BCUT2D eigenvalue weighted by atomic mass is 15.0. The van der Waals surface area contributed by atoms with Crippen molar-refractivity contribution < 1.29 is 0 Å². The fraction of sp³-hybridized carbons (Fsp3) is 0.268. The summed E-state index contributed by atoms with van der Waals surface area (Å²) in [5, 5.41) is 14.0. The molecule has 220 valence electrons. The van der Waals surface area contributed by atoms with Crippen molar-refractivity contribution in [2.45, 2.75) is 51.4 Å². The largest absolute Gasteiger partial charge is 0.208 e. The molecule has 0 radical (unpaired) electrons. The third kappa shape index (κ3) is 4.88. The smallest absolute Gasteiger partial charge is 0.164 e. The van der Waals surface area contributed by atoms with Gasteiger partial charge in [-0.3, -0.25) is 0 Å². The molecule has 0 N–H and O–H groups in total. The molecule has 5 aromatic carbocycles. The van der Waals surface area contributed by atoms with Crippen molar-refractivity contribution in [3.63, 3.8) is 0 Å². The third-order valence-electron chi connectivity index (χ3n) is 10.3. The molecule has 2 fully saturated rings. The Morgan fingerprint density at radius 3 is 1.96 bits per heavy atom. The number of rotatable bonds is 4. The van der Waals surface area contributed by atoms with E-state index in [1.165, 1.54) is 37.7 Å². The van der Waals surface area contributed by atoms with E-state index in [0.717, 1.165) is 56.0 Å². The van der Waals surface area contributed by atoms with E-state index < -0.39 is 0 Å². The summed E-state index contributed by atoms with van der Waals surface area (Å²) in [5.74, 6) is 4.30. The summed E-state index contributed by atoms with van der Waals surface area (Å²) >= 11 is 0. The van der Waals surface area contributed by atoms with Crippen LogP contribution >= 0.6 is 0 Å². The standard InChI is InChI=1S/C41H36N4/c1-26-19-28-20-27(2)23-41(22-26,24-28)32-17-15-30(16-18-32)39-43-38(29-9-4-3-5-10-29)44-40(45-39)35-14-8-13-34-36(35)21-31-11-6-7-12-33(31)37(34)25-42/h3-18,21,26-28H,19-20,22-24H2,1-2H3/t26-,27+,28?,41?. The number of aromatic nitrogens is 3. The Morgan fingerprint density at radius 2 is 1.24 bits per heavy atom. The van der Waals surface area contributed by atoms with Gasteiger partial charge in [0.05, 0.1) is 5.56 Å². The molecule has 8 rings (SSSR count). The predicted octanol–water partition coefficient (Wildman–Crippen LogP) is 10.2. The molecule has 2 bridgehead atoms. The molecular formula is C41H36N4. The highest BCUT2D eigenvalue weighted by molar-refractivity contribution is 6.09. The van der Waals surface area contributed by atoms with Gasteiger partial charge < -0.3 is 0 Å². The van der Waals surface area contributed by atoms with Gasteiger partial charge in [-0.25, -0.2) is 15.0 Å². The monoisotopic (exact) mass is 584 g/mol. The minimum absolute atomic E-state index is 0.280. The maximum atomic E-state index is 10.2. The van der Waals surface area contributed by atoms with Crippen LogP contribution in [0.1, 0.15) is 57.1 Å². The van der Waals surface area contributed by atoms with Crippen LogP contribution in [0.2, 0.25) is 0 Å². The molecule has 0 aliphatic heterocycles. The lowest BCUT2D eigenvalue weighted by molar-refractivity contribution is 0.0780. The van der Waals surface area contributed by atoms with Crippen molar-refractivity contribution in [1.82, 2.24) is 15.0 Å². The Balaban J connectivity index is 1.27. The van der Waals surface area contributed by atoms with Gasteiger partial charge in [0.15, 0.2) is 17.5 Å². The van der Waals surface area contributed by atoms with Gasteiger partial charge >= 0.3 is 0 Å². The fourth-order valence-corrected chi connectivity index (χ4v) is 8.78. The Labute approximate surface area is 264 Å². The summed E-state index contributed by atoms with van der Waals surface area (Å²) in [6.45, 7) is 4.89. The highest BCUT2D eigenvalue weighted by Crippen LogP contribution is 2.54. The molecule has 2 aliphatic carbocycles. The maximum absolute atomic E-state index is 10.2. The summed E-state index contributed by atoms with van der Waals surface area (Å²) in [6, 6.07) is 38.0. The molecule has 4 nitrogen and oxygen atoms in total. The summed E-state index contributed by atoms with van der Waals surface area (Å²) in [6.07, 6.45) is 6.62. The van der Waals surface area contributed by atoms with Crippen LogP contribution in [0.4, 0.5) is 0 Å². The van der Waals surface area contributed by atoms with Crippen LogP contribution in [0.5, 0.6) is 0 Å². The molecule has 45 heavy (non-hydrogen) atoms. The average Bonchev–Trinajstić information content (AvgIpc) is 3.06. The Kier molecular flexibility index (Phi) is 6.72. The second kappa shape index (κ2) is 10.9. The van der Waals surface area contributed by atoms with Gasteiger partial charge in [0.1, 0.15) is 6.07 Å². The van der Waals surface area contributed by atoms with Gasteiger partial charge in [-0.1, -0.05) is 111 Å². The predicted molar refractivity (Wildman–Crippen MR) is 182 cm³/mol. The molecule has 1 heterocycles. The topological polar surface area (TPSA) is 62.5 Å². The second-order valence-corrected chi connectivity index (χ2v) is 13.7. The van der Waals surface area contributed by atoms with Crippen LogP contribution in [-0.4, -0.2) is 15.0 Å². The van der Waals surface area contributed by atoms with E-state index in [1.807, 2.05) is 60.7 Å². The zero-order chi connectivity index (χ0) is 30.5. The normalized spacial score (nSPS) is 22.7. The molecule has 2 saturated carbocycles. The Hall–Kier alpha value is -4.88. The molecule has 4 atom stereocenters. The van der Waals surface area contributed by atoms with E-state index in [0.29, 0.717) is 23.0 Å². The van der Waals surface area contributed by atoms with Gasteiger partial charge in [0, 0.05) is 27.5 Å². The van der Waals surface area contributed by atoms with Crippen LogP contribution in [0.25, 0.3) is 55.7 Å². The first-order valence-electron chi connectivity index (χ1n) is 16.3. The number of benzene rings is 5. The van der Waals surface area contributed by atoms with Gasteiger partial charge in [0.25, 0.3) is 0 Å². The SMILES string of the molecule is C[C@@H]1CC2C[C@H](C)CC(c3ccc(-c4nc(-c5ccccc5)nc(-c5cccc6c(C#N)c7ccccc7cc56)n4)cc3)(C2)C1. The van der Waals surface area contributed by atoms with Crippen molar-refractivity contribution in [1.29, 1.82) is 5.26 Å². The molecule has 1 aromatic heterocycles. The number of nitrogens with zero attached hydrogens (tertiary/aromatic N) is 4. The Morgan fingerprint density at radius 1 is 0.622 bits per heavy atom. The molecular weight excluding hydrogens is 548 g/mol. The first-order valence-corrected chi connectivity index (χ1v) is 16.3. The molecule has 0 amide bonds. The van der Waals surface area contributed by atoms with Crippen LogP contribution < -0.4 is 0 Å². The fourth-order valence-electron chi connectivity index (χ4n) is 8.78. The van der Waals surface area contributed by atoms with Gasteiger partial charge in [-0.2, -0.15) is 5.26 Å². The summed E-state index contributed by atoms with van der Waals surface area (Å²) in [5.41, 5.74) is 5.25. The van der Waals surface area contributed by atoms with E-state index in [9.17, 15) is 5.26 Å². The molecule has 0 spiro atoms. The number of fused-ring (bicyclic) bond motifs is 4. The molecule has 0 saturated heterocycles. The van der Waals surface area contributed by atoms with E-state index >= 15 is 0 Å². The zero-order valence-corrected chi connectivity index (χ0v) is 25.9. The highest BCUT2D eigenvalue weighted by Gasteiger charge is 2.45. The zero-order valence-electron chi connectivity index (χ0n) is 25.9. The van der Waals surface area contributed by atoms with E-state index in [4.69, 9.17) is 15.0 Å². The third-order valence-corrected chi connectivity index (χ3v) is 10.3. The van der Waals surface area contributed by atoms with Gasteiger partial charge in [-0.05, 0) is 77.7 Å². The van der Waals surface area contributed by atoms with E-state index in [-0.39, 0.29) is 5.41 Å². The van der Waals surface area contributed by atoms with Crippen molar-refractivity contribution in [2.24, 2.45) is 17.8 Å². The number of hydrogen-bond acceptors (Lipinski definition) is 4. The second-order valence-electron chi connectivity index (χ2n) is 13.7. The van der Waals surface area contributed by atoms with Crippen LogP contribution in [0, 0.1) is 29.1 Å². The lowest BCUT2D eigenvalue weighted by atomic mass is 9.54. The first-order chi connectivity index (χ1) is 22.0. The van der Waals surface area contributed by atoms with Gasteiger partial charge in [-0.15, -0.1) is 0 Å². The average molecular weight is 585 g/mol. The van der Waals surface area contributed by atoms with Crippen molar-refractivity contribution in [2.75, 3.05) is 0 Å². The van der Waals surface area contributed by atoms with Crippen LogP contribution in [0.15, 0.2) is 103 Å². The molecule has 4 heteroatoms.